The molecule has 1 aliphatic rings. The van der Waals surface area contributed by atoms with Gasteiger partial charge in [0.15, 0.2) is 5.78 Å². The zero-order valence-corrected chi connectivity index (χ0v) is 9.82. The summed E-state index contributed by atoms with van der Waals surface area (Å²) in [5, 5.41) is 17.8. The largest absolute Gasteiger partial charge is 0.389 e. The Morgan fingerprint density at radius 2 is 2.06 bits per heavy atom. The number of hydrogen-bond donors (Lipinski definition) is 2. The number of aliphatic hydroxyl groups excluding tert-OH is 2. The van der Waals surface area contributed by atoms with Crippen molar-refractivity contribution in [3.05, 3.63) is 11.6 Å². The molecule has 0 bridgehead atoms. The normalized spacial score (nSPS) is 19.9. The van der Waals surface area contributed by atoms with Gasteiger partial charge in [-0.3, -0.25) is 4.79 Å². The zero-order chi connectivity index (χ0) is 11.8. The summed E-state index contributed by atoms with van der Waals surface area (Å²) < 4.78 is 0. The van der Waals surface area contributed by atoms with Crippen molar-refractivity contribution in [2.24, 2.45) is 0 Å². The molecular weight excluding hydrogens is 204 g/mol. The highest BCUT2D eigenvalue weighted by atomic mass is 16.3. The number of allylic oxidation sites excluding steroid dienone is 1. The van der Waals surface area contributed by atoms with E-state index in [0.29, 0.717) is 6.42 Å². The van der Waals surface area contributed by atoms with Crippen molar-refractivity contribution in [3.8, 4) is 0 Å². The number of rotatable bonds is 8. The van der Waals surface area contributed by atoms with Crippen LogP contribution in [-0.2, 0) is 4.79 Å². The van der Waals surface area contributed by atoms with Crippen molar-refractivity contribution < 1.29 is 15.0 Å². The lowest BCUT2D eigenvalue weighted by Gasteiger charge is -2.01. The van der Waals surface area contributed by atoms with Crippen molar-refractivity contribution in [2.75, 3.05) is 6.61 Å². The summed E-state index contributed by atoms with van der Waals surface area (Å²) in [4.78, 5) is 10.8. The van der Waals surface area contributed by atoms with Gasteiger partial charge in [-0.25, -0.2) is 0 Å². The van der Waals surface area contributed by atoms with E-state index >= 15 is 0 Å². The molecule has 0 aromatic carbocycles. The third-order valence-corrected chi connectivity index (χ3v) is 3.07. The monoisotopic (exact) mass is 226 g/mol. The first kappa shape index (κ1) is 13.4. The van der Waals surface area contributed by atoms with Crippen molar-refractivity contribution in [3.63, 3.8) is 0 Å². The fourth-order valence-electron chi connectivity index (χ4n) is 2.09. The molecule has 3 heteroatoms. The van der Waals surface area contributed by atoms with E-state index in [9.17, 15) is 9.90 Å². The molecule has 0 fully saturated rings. The van der Waals surface area contributed by atoms with E-state index in [1.165, 1.54) is 5.57 Å². The summed E-state index contributed by atoms with van der Waals surface area (Å²) in [6.45, 7) is -0.315. The van der Waals surface area contributed by atoms with Gasteiger partial charge in [0.25, 0.3) is 0 Å². The van der Waals surface area contributed by atoms with Crippen LogP contribution in [0.3, 0.4) is 0 Å². The molecule has 0 aromatic heterocycles. The molecule has 0 aromatic rings. The number of ketones is 1. The maximum atomic E-state index is 10.8. The Kier molecular flexibility index (Phi) is 6.34. The third-order valence-electron chi connectivity index (χ3n) is 3.07. The van der Waals surface area contributed by atoms with Gasteiger partial charge >= 0.3 is 0 Å². The average molecular weight is 226 g/mol. The predicted molar refractivity (Wildman–Crippen MR) is 63.1 cm³/mol. The molecule has 0 heterocycles. The van der Waals surface area contributed by atoms with Crippen LogP contribution < -0.4 is 0 Å². The number of aliphatic hydroxyl groups is 2. The van der Waals surface area contributed by atoms with Gasteiger partial charge in [-0.15, -0.1) is 0 Å². The second-order valence-electron chi connectivity index (χ2n) is 4.54. The van der Waals surface area contributed by atoms with Crippen LogP contribution in [-0.4, -0.2) is 28.7 Å². The topological polar surface area (TPSA) is 57.5 Å². The first-order valence-corrected chi connectivity index (χ1v) is 6.22. The van der Waals surface area contributed by atoms with E-state index < -0.39 is 0 Å². The zero-order valence-electron chi connectivity index (χ0n) is 9.82. The highest BCUT2D eigenvalue weighted by Gasteiger charge is 2.11. The van der Waals surface area contributed by atoms with Crippen LogP contribution in [0.5, 0.6) is 0 Å². The maximum Gasteiger partial charge on any atom is 0.158 e. The summed E-state index contributed by atoms with van der Waals surface area (Å²) in [7, 11) is 0. The van der Waals surface area contributed by atoms with E-state index in [-0.39, 0.29) is 18.5 Å². The minimum Gasteiger partial charge on any atom is -0.389 e. The van der Waals surface area contributed by atoms with Gasteiger partial charge in [0, 0.05) is 6.42 Å². The number of hydrogen-bond acceptors (Lipinski definition) is 3. The molecule has 0 saturated carbocycles. The van der Waals surface area contributed by atoms with Gasteiger partial charge < -0.3 is 10.2 Å². The average Bonchev–Trinajstić information content (AvgIpc) is 2.69. The first-order chi connectivity index (χ1) is 7.72. The fraction of sp³-hybridized carbons (Fsp3) is 0.769. The maximum absolute atomic E-state index is 10.8. The standard InChI is InChI=1S/C13H22O3/c14-10-13(16)6-4-2-1-3-5-11-7-8-12(15)9-11/h9,12,14-15H,1-8,10H2. The Balaban J connectivity index is 1.92. The smallest absolute Gasteiger partial charge is 0.158 e. The molecule has 1 unspecified atom stereocenters. The van der Waals surface area contributed by atoms with Crippen LogP contribution in [0.1, 0.15) is 51.4 Å². The quantitative estimate of drug-likeness (QED) is 0.491. The lowest BCUT2D eigenvalue weighted by Crippen LogP contribution is -2.02. The summed E-state index contributed by atoms with van der Waals surface area (Å²) in [5.41, 5.74) is 1.39. The van der Waals surface area contributed by atoms with Gasteiger partial charge in [-0.1, -0.05) is 24.5 Å². The second-order valence-corrected chi connectivity index (χ2v) is 4.54. The van der Waals surface area contributed by atoms with Crippen molar-refractivity contribution in [2.45, 2.75) is 57.5 Å². The highest BCUT2D eigenvalue weighted by Crippen LogP contribution is 2.23. The minimum absolute atomic E-state index is 0.0541. The van der Waals surface area contributed by atoms with Crippen LogP contribution in [0.4, 0.5) is 0 Å². The molecule has 16 heavy (non-hydrogen) atoms. The molecule has 0 radical (unpaired) electrons. The van der Waals surface area contributed by atoms with Crippen LogP contribution in [0.2, 0.25) is 0 Å². The Labute approximate surface area is 97.2 Å². The van der Waals surface area contributed by atoms with E-state index in [1.807, 2.05) is 6.08 Å². The predicted octanol–water partition coefficient (Wildman–Crippen LogP) is 1.97. The van der Waals surface area contributed by atoms with E-state index in [0.717, 1.165) is 44.9 Å². The van der Waals surface area contributed by atoms with Gasteiger partial charge in [0.2, 0.25) is 0 Å². The van der Waals surface area contributed by atoms with Crippen LogP contribution in [0.15, 0.2) is 11.6 Å². The van der Waals surface area contributed by atoms with Crippen molar-refractivity contribution in [1.29, 1.82) is 0 Å². The molecule has 92 valence electrons. The third kappa shape index (κ3) is 5.42. The molecule has 1 atom stereocenters. The molecule has 2 N–H and O–H groups in total. The second kappa shape index (κ2) is 7.58. The van der Waals surface area contributed by atoms with Gasteiger partial charge in [0.1, 0.15) is 6.61 Å². The lowest BCUT2D eigenvalue weighted by atomic mass is 10.0. The summed E-state index contributed by atoms with van der Waals surface area (Å²) in [6, 6.07) is 0. The molecule has 1 aliphatic carbocycles. The first-order valence-electron chi connectivity index (χ1n) is 6.22. The number of Topliss-reactive ketones (excluding diaryl/α,β-unsaturated/α-hetero) is 1. The van der Waals surface area contributed by atoms with Gasteiger partial charge in [-0.05, 0) is 32.1 Å². The summed E-state index contributed by atoms with van der Waals surface area (Å²) in [6.07, 6.45) is 9.53. The molecule has 0 amide bonds. The molecule has 1 rings (SSSR count). The Bertz CT molecular complexity index is 246. The Hall–Kier alpha value is -0.670. The van der Waals surface area contributed by atoms with E-state index in [1.54, 1.807) is 0 Å². The Morgan fingerprint density at radius 1 is 1.31 bits per heavy atom. The van der Waals surface area contributed by atoms with Crippen LogP contribution >= 0.6 is 0 Å². The Morgan fingerprint density at radius 3 is 2.69 bits per heavy atom. The summed E-state index contributed by atoms with van der Waals surface area (Å²) >= 11 is 0. The van der Waals surface area contributed by atoms with Crippen LogP contribution in [0, 0.1) is 0 Å². The summed E-state index contributed by atoms with van der Waals surface area (Å²) in [5.74, 6) is -0.0541. The minimum atomic E-state index is -0.315. The van der Waals surface area contributed by atoms with Crippen molar-refractivity contribution >= 4 is 5.78 Å². The molecule has 0 aliphatic heterocycles. The molecule has 3 nitrogen and oxygen atoms in total. The SMILES string of the molecule is O=C(CO)CCCCCCC1=CC(O)CC1. The molecule has 0 saturated heterocycles. The fourth-order valence-corrected chi connectivity index (χ4v) is 2.09. The van der Waals surface area contributed by atoms with Crippen LogP contribution in [0.25, 0.3) is 0 Å². The number of carbonyl (C=O) groups excluding carboxylic acids is 1. The van der Waals surface area contributed by atoms with Gasteiger partial charge in [0.05, 0.1) is 6.10 Å². The van der Waals surface area contributed by atoms with Gasteiger partial charge in [-0.2, -0.15) is 0 Å². The highest BCUT2D eigenvalue weighted by molar-refractivity contribution is 5.79. The molecular formula is C13H22O3. The number of carbonyl (C=O) groups is 1. The van der Waals surface area contributed by atoms with E-state index in [4.69, 9.17) is 5.11 Å². The van der Waals surface area contributed by atoms with E-state index in [2.05, 4.69) is 0 Å². The molecule has 0 spiro atoms. The lowest BCUT2D eigenvalue weighted by molar-refractivity contribution is -0.121. The number of unbranched alkanes of at least 4 members (excludes halogenated alkanes) is 3. The van der Waals surface area contributed by atoms with Crippen molar-refractivity contribution in [1.82, 2.24) is 0 Å².